The average molecular weight is 212 g/mol. The molecule has 5 heteroatoms. The highest BCUT2D eigenvalue weighted by molar-refractivity contribution is 5.91. The van der Waals surface area contributed by atoms with Crippen LogP contribution in [0.2, 0.25) is 0 Å². The van der Waals surface area contributed by atoms with E-state index in [0.29, 0.717) is 5.75 Å². The van der Waals surface area contributed by atoms with Crippen molar-refractivity contribution in [1.29, 1.82) is 0 Å². The number of carboxylic acid groups (broad SMARTS) is 1. The zero-order valence-corrected chi connectivity index (χ0v) is 8.17. The van der Waals surface area contributed by atoms with Crippen LogP contribution in [-0.4, -0.2) is 34.0 Å². The number of ether oxygens (including phenoxy) is 1. The molecule has 15 heavy (non-hydrogen) atoms. The van der Waals surface area contributed by atoms with Gasteiger partial charge in [-0.3, -0.25) is 0 Å². The molecule has 0 aliphatic heterocycles. The molecule has 0 aromatic heterocycles. The highest BCUT2D eigenvalue weighted by Crippen LogP contribution is 2.23. The summed E-state index contributed by atoms with van der Waals surface area (Å²) in [6.45, 7) is 1.48. The first kappa shape index (κ1) is 11.3. The van der Waals surface area contributed by atoms with Gasteiger partial charge in [0.15, 0.2) is 0 Å². The summed E-state index contributed by atoms with van der Waals surface area (Å²) >= 11 is 0. The normalized spacial score (nSPS) is 12.1. The van der Waals surface area contributed by atoms with Crippen molar-refractivity contribution < 1.29 is 24.9 Å². The topological polar surface area (TPSA) is 87.0 Å². The molecule has 1 rings (SSSR count). The Kier molecular flexibility index (Phi) is 3.51. The maximum atomic E-state index is 10.7. The van der Waals surface area contributed by atoms with Crippen LogP contribution in [0.4, 0.5) is 0 Å². The molecule has 0 bridgehead atoms. The van der Waals surface area contributed by atoms with E-state index in [-0.39, 0.29) is 17.9 Å². The Balaban J connectivity index is 2.92. The second kappa shape index (κ2) is 4.65. The number of aliphatic hydroxyl groups excluding tert-OH is 1. The molecule has 0 amide bonds. The van der Waals surface area contributed by atoms with Crippen molar-refractivity contribution in [2.45, 2.75) is 13.0 Å². The van der Waals surface area contributed by atoms with Crippen molar-refractivity contribution in [2.75, 3.05) is 6.61 Å². The van der Waals surface area contributed by atoms with Crippen LogP contribution in [0, 0.1) is 0 Å². The Morgan fingerprint density at radius 2 is 2.20 bits per heavy atom. The van der Waals surface area contributed by atoms with Crippen molar-refractivity contribution in [3.05, 3.63) is 23.8 Å². The lowest BCUT2D eigenvalue weighted by Crippen LogP contribution is -2.16. The number of aromatic carboxylic acids is 1. The molecule has 1 atom stereocenters. The number of benzene rings is 1. The number of phenols is 1. The minimum atomic E-state index is -1.23. The maximum Gasteiger partial charge on any atom is 0.339 e. The molecule has 0 saturated heterocycles. The first-order chi connectivity index (χ1) is 7.04. The van der Waals surface area contributed by atoms with E-state index in [1.165, 1.54) is 18.2 Å². The van der Waals surface area contributed by atoms with Gasteiger partial charge in [0, 0.05) is 0 Å². The molecular weight excluding hydrogens is 200 g/mol. The highest BCUT2D eigenvalue weighted by atomic mass is 16.5. The maximum absolute atomic E-state index is 10.7. The van der Waals surface area contributed by atoms with Gasteiger partial charge >= 0.3 is 5.97 Å². The fourth-order valence-corrected chi connectivity index (χ4v) is 1.03. The van der Waals surface area contributed by atoms with E-state index in [0.717, 1.165) is 0 Å². The van der Waals surface area contributed by atoms with E-state index in [2.05, 4.69) is 0 Å². The standard InChI is InChI=1S/C10H12O5/c1-6(5-11)15-7-2-3-9(12)8(4-7)10(13)14/h2-4,6,11-12H,5H2,1H3,(H,13,14)/t6-/m0/s1. The van der Waals surface area contributed by atoms with E-state index >= 15 is 0 Å². The molecule has 0 unspecified atom stereocenters. The van der Waals surface area contributed by atoms with E-state index in [1.54, 1.807) is 6.92 Å². The number of aliphatic hydroxyl groups is 1. The van der Waals surface area contributed by atoms with Gasteiger partial charge < -0.3 is 20.1 Å². The lowest BCUT2D eigenvalue weighted by molar-refractivity contribution is 0.0692. The van der Waals surface area contributed by atoms with Crippen LogP contribution >= 0.6 is 0 Å². The average Bonchev–Trinajstić information content (AvgIpc) is 2.20. The third-order valence-electron chi connectivity index (χ3n) is 1.79. The Hall–Kier alpha value is -1.75. The van der Waals surface area contributed by atoms with Crippen molar-refractivity contribution in [1.82, 2.24) is 0 Å². The minimum absolute atomic E-state index is 0.163. The zero-order valence-electron chi connectivity index (χ0n) is 8.17. The van der Waals surface area contributed by atoms with Gasteiger partial charge in [-0.15, -0.1) is 0 Å². The van der Waals surface area contributed by atoms with Gasteiger partial charge in [0.25, 0.3) is 0 Å². The largest absolute Gasteiger partial charge is 0.507 e. The number of carboxylic acids is 1. The molecule has 1 aromatic carbocycles. The first-order valence-corrected chi connectivity index (χ1v) is 4.38. The van der Waals surface area contributed by atoms with Crippen LogP contribution in [0.25, 0.3) is 0 Å². The molecule has 0 heterocycles. The second-order valence-corrected chi connectivity index (χ2v) is 3.10. The molecule has 1 aromatic rings. The molecule has 0 aliphatic carbocycles. The number of hydrogen-bond acceptors (Lipinski definition) is 4. The molecule has 5 nitrogen and oxygen atoms in total. The summed E-state index contributed by atoms with van der Waals surface area (Å²) in [7, 11) is 0. The van der Waals surface area contributed by atoms with E-state index in [1.807, 2.05) is 0 Å². The molecule has 3 N–H and O–H groups in total. The third-order valence-corrected chi connectivity index (χ3v) is 1.79. The van der Waals surface area contributed by atoms with Crippen LogP contribution < -0.4 is 4.74 Å². The highest BCUT2D eigenvalue weighted by Gasteiger charge is 2.11. The van der Waals surface area contributed by atoms with Gasteiger partial charge in [0.1, 0.15) is 23.2 Å². The monoisotopic (exact) mass is 212 g/mol. The summed E-state index contributed by atoms with van der Waals surface area (Å²) in [5.41, 5.74) is -0.224. The van der Waals surface area contributed by atoms with Crippen molar-refractivity contribution in [2.24, 2.45) is 0 Å². The van der Waals surface area contributed by atoms with Gasteiger partial charge in [0.2, 0.25) is 0 Å². The summed E-state index contributed by atoms with van der Waals surface area (Å²) in [6.07, 6.45) is -0.420. The summed E-state index contributed by atoms with van der Waals surface area (Å²) in [4.78, 5) is 10.7. The van der Waals surface area contributed by atoms with Crippen LogP contribution in [-0.2, 0) is 0 Å². The Bertz CT molecular complexity index is 361. The summed E-state index contributed by atoms with van der Waals surface area (Å²) in [5.74, 6) is -1.24. The van der Waals surface area contributed by atoms with Crippen LogP contribution in [0.5, 0.6) is 11.5 Å². The molecule has 0 fully saturated rings. The van der Waals surface area contributed by atoms with Crippen molar-refractivity contribution >= 4 is 5.97 Å². The predicted octanol–water partition coefficient (Wildman–Crippen LogP) is 0.850. The smallest absolute Gasteiger partial charge is 0.339 e. The fraction of sp³-hybridized carbons (Fsp3) is 0.300. The number of rotatable bonds is 4. The Labute approximate surface area is 86.5 Å². The lowest BCUT2D eigenvalue weighted by Gasteiger charge is -2.12. The quantitative estimate of drug-likeness (QED) is 0.688. The summed E-state index contributed by atoms with van der Waals surface area (Å²) in [5, 5.41) is 26.7. The van der Waals surface area contributed by atoms with Gasteiger partial charge in [-0.25, -0.2) is 4.79 Å². The minimum Gasteiger partial charge on any atom is -0.507 e. The summed E-state index contributed by atoms with van der Waals surface area (Å²) in [6, 6.07) is 3.89. The molecule has 0 spiro atoms. The van der Waals surface area contributed by atoms with Gasteiger partial charge in [-0.1, -0.05) is 0 Å². The predicted molar refractivity (Wildman–Crippen MR) is 52.2 cm³/mol. The molecule has 82 valence electrons. The van der Waals surface area contributed by atoms with Crippen LogP contribution in [0.15, 0.2) is 18.2 Å². The number of carbonyl (C=O) groups is 1. The second-order valence-electron chi connectivity index (χ2n) is 3.10. The molecule has 0 saturated carbocycles. The van der Waals surface area contributed by atoms with Gasteiger partial charge in [-0.2, -0.15) is 0 Å². The van der Waals surface area contributed by atoms with E-state index < -0.39 is 12.1 Å². The van der Waals surface area contributed by atoms with E-state index in [9.17, 15) is 9.90 Å². The molecule has 0 aliphatic rings. The molecule has 0 radical (unpaired) electrons. The first-order valence-electron chi connectivity index (χ1n) is 4.38. The van der Waals surface area contributed by atoms with Crippen LogP contribution in [0.3, 0.4) is 0 Å². The number of hydrogen-bond donors (Lipinski definition) is 3. The fourth-order valence-electron chi connectivity index (χ4n) is 1.03. The van der Waals surface area contributed by atoms with Gasteiger partial charge in [-0.05, 0) is 25.1 Å². The van der Waals surface area contributed by atoms with Gasteiger partial charge in [0.05, 0.1) is 6.61 Å². The Morgan fingerprint density at radius 1 is 1.53 bits per heavy atom. The SMILES string of the molecule is C[C@@H](CO)Oc1ccc(O)c(C(=O)O)c1. The Morgan fingerprint density at radius 3 is 2.73 bits per heavy atom. The summed E-state index contributed by atoms with van der Waals surface area (Å²) < 4.78 is 5.18. The zero-order chi connectivity index (χ0) is 11.4. The lowest BCUT2D eigenvalue weighted by atomic mass is 10.2. The third kappa shape index (κ3) is 2.85. The van der Waals surface area contributed by atoms with E-state index in [4.69, 9.17) is 14.9 Å². The molecular formula is C10H12O5. The number of aromatic hydroxyl groups is 1. The van der Waals surface area contributed by atoms with Crippen LogP contribution in [0.1, 0.15) is 17.3 Å². The van der Waals surface area contributed by atoms with Crippen molar-refractivity contribution in [3.8, 4) is 11.5 Å². The van der Waals surface area contributed by atoms with Crippen molar-refractivity contribution in [3.63, 3.8) is 0 Å².